The molecule has 4 rings (SSSR count). The van der Waals surface area contributed by atoms with Gasteiger partial charge in [0.05, 0.1) is 10.6 Å². The lowest BCUT2D eigenvalue weighted by Gasteiger charge is -2.14. The third-order valence-electron chi connectivity index (χ3n) is 6.13. The van der Waals surface area contributed by atoms with Crippen molar-refractivity contribution in [2.45, 2.75) is 43.8 Å². The summed E-state index contributed by atoms with van der Waals surface area (Å²) in [7, 11) is -3.53. The quantitative estimate of drug-likeness (QED) is 0.462. The molecule has 0 bridgehead atoms. The number of nitrogens with zero attached hydrogens (tertiary/aromatic N) is 2. The van der Waals surface area contributed by atoms with Gasteiger partial charge in [0.25, 0.3) is 5.91 Å². The first-order chi connectivity index (χ1) is 16.3. The van der Waals surface area contributed by atoms with Gasteiger partial charge in [-0.1, -0.05) is 17.7 Å². The van der Waals surface area contributed by atoms with E-state index in [9.17, 15) is 13.2 Å². The standard InChI is InChI=1S/C26H31N3O4S/c1-19-6-12-23(13-7-19)34(31,32)18-24-20(2)33-26(28-24)22-10-8-21(9-11-22)25(30)27-14-5-17-29-15-3-4-16-29/h6-13H,3-5,14-18H2,1-2H3,(H,27,30). The highest BCUT2D eigenvalue weighted by Gasteiger charge is 2.21. The fraction of sp³-hybridized carbons (Fsp3) is 0.385. The fourth-order valence-corrected chi connectivity index (χ4v) is 5.42. The first-order valence-electron chi connectivity index (χ1n) is 11.7. The Morgan fingerprint density at radius 2 is 1.71 bits per heavy atom. The number of likely N-dealkylation sites (tertiary alicyclic amines) is 1. The van der Waals surface area contributed by atoms with Crippen molar-refractivity contribution in [3.63, 3.8) is 0 Å². The highest BCUT2D eigenvalue weighted by atomic mass is 32.2. The lowest BCUT2D eigenvalue weighted by Crippen LogP contribution is -2.28. The van der Waals surface area contributed by atoms with E-state index in [1.165, 1.54) is 12.8 Å². The van der Waals surface area contributed by atoms with Crippen molar-refractivity contribution in [3.05, 3.63) is 71.1 Å². The second kappa shape index (κ2) is 10.5. The van der Waals surface area contributed by atoms with Crippen LogP contribution in [0.1, 0.15) is 46.6 Å². The summed E-state index contributed by atoms with van der Waals surface area (Å²) in [6.45, 7) is 7.61. The van der Waals surface area contributed by atoms with Crippen molar-refractivity contribution in [1.82, 2.24) is 15.2 Å². The van der Waals surface area contributed by atoms with Crippen LogP contribution >= 0.6 is 0 Å². The Balaban J connectivity index is 1.36. The molecule has 1 aliphatic heterocycles. The van der Waals surface area contributed by atoms with Gasteiger partial charge >= 0.3 is 0 Å². The molecule has 2 aromatic carbocycles. The van der Waals surface area contributed by atoms with E-state index in [-0.39, 0.29) is 16.6 Å². The van der Waals surface area contributed by atoms with E-state index in [0.29, 0.717) is 35.0 Å². The minimum absolute atomic E-state index is 0.110. The van der Waals surface area contributed by atoms with Crippen molar-refractivity contribution < 1.29 is 17.6 Å². The summed E-state index contributed by atoms with van der Waals surface area (Å²) in [5.41, 5.74) is 2.64. The molecule has 0 saturated carbocycles. The lowest BCUT2D eigenvalue weighted by molar-refractivity contribution is 0.0952. The minimum Gasteiger partial charge on any atom is -0.441 e. The van der Waals surface area contributed by atoms with Gasteiger partial charge in [0.2, 0.25) is 5.89 Å². The molecule has 1 aliphatic rings. The summed E-state index contributed by atoms with van der Waals surface area (Å²) >= 11 is 0. The molecule has 34 heavy (non-hydrogen) atoms. The largest absolute Gasteiger partial charge is 0.441 e. The molecule has 0 unspecified atom stereocenters. The Hall–Kier alpha value is -2.97. The van der Waals surface area contributed by atoms with Gasteiger partial charge < -0.3 is 14.6 Å². The lowest BCUT2D eigenvalue weighted by atomic mass is 10.1. The number of sulfone groups is 1. The summed E-state index contributed by atoms with van der Waals surface area (Å²) < 4.78 is 31.3. The van der Waals surface area contributed by atoms with Gasteiger partial charge in [-0.15, -0.1) is 0 Å². The van der Waals surface area contributed by atoms with Crippen molar-refractivity contribution >= 4 is 15.7 Å². The predicted molar refractivity (Wildman–Crippen MR) is 131 cm³/mol. The maximum Gasteiger partial charge on any atom is 0.251 e. The first kappa shape index (κ1) is 24.2. The number of carbonyl (C=O) groups is 1. The number of rotatable bonds is 9. The van der Waals surface area contributed by atoms with E-state index in [2.05, 4.69) is 15.2 Å². The average Bonchev–Trinajstić information content (AvgIpc) is 3.47. The molecular weight excluding hydrogens is 450 g/mol. The van der Waals surface area contributed by atoms with Gasteiger partial charge in [-0.25, -0.2) is 13.4 Å². The maximum atomic E-state index is 12.8. The summed E-state index contributed by atoms with van der Waals surface area (Å²) in [5, 5.41) is 2.97. The molecule has 8 heteroatoms. The van der Waals surface area contributed by atoms with Gasteiger partial charge in [-0.05, 0) is 89.1 Å². The number of hydrogen-bond acceptors (Lipinski definition) is 6. The molecule has 1 fully saturated rings. The molecule has 0 atom stereocenters. The highest BCUT2D eigenvalue weighted by molar-refractivity contribution is 7.90. The van der Waals surface area contributed by atoms with Gasteiger partial charge in [-0.2, -0.15) is 0 Å². The molecule has 7 nitrogen and oxygen atoms in total. The molecule has 0 radical (unpaired) electrons. The van der Waals surface area contributed by atoms with Gasteiger partial charge in [0.1, 0.15) is 11.5 Å². The van der Waals surface area contributed by atoms with E-state index < -0.39 is 9.84 Å². The second-order valence-electron chi connectivity index (χ2n) is 8.83. The third-order valence-corrected chi connectivity index (χ3v) is 7.77. The Bertz CT molecular complexity index is 1230. The smallest absolute Gasteiger partial charge is 0.251 e. The molecule has 1 amide bonds. The van der Waals surface area contributed by atoms with Crippen LogP contribution in [0, 0.1) is 13.8 Å². The van der Waals surface area contributed by atoms with Crippen LogP contribution in [0.4, 0.5) is 0 Å². The summed E-state index contributed by atoms with van der Waals surface area (Å²) in [5.74, 6) is 0.458. The number of benzene rings is 2. The number of amides is 1. The Morgan fingerprint density at radius 1 is 1.03 bits per heavy atom. The normalized spacial score (nSPS) is 14.4. The monoisotopic (exact) mass is 481 g/mol. The minimum atomic E-state index is -3.53. The molecule has 1 saturated heterocycles. The Kier molecular flexibility index (Phi) is 7.48. The first-order valence-corrected chi connectivity index (χ1v) is 13.3. The van der Waals surface area contributed by atoms with Crippen LogP contribution in [0.2, 0.25) is 0 Å². The fourth-order valence-electron chi connectivity index (χ4n) is 4.07. The van der Waals surface area contributed by atoms with Crippen LogP contribution in [0.25, 0.3) is 11.5 Å². The average molecular weight is 482 g/mol. The maximum absolute atomic E-state index is 12.8. The second-order valence-corrected chi connectivity index (χ2v) is 10.8. The third kappa shape index (κ3) is 5.93. The van der Waals surface area contributed by atoms with E-state index in [4.69, 9.17) is 4.42 Å². The summed E-state index contributed by atoms with van der Waals surface area (Å²) in [6, 6.07) is 13.8. The van der Waals surface area contributed by atoms with E-state index in [1.807, 2.05) is 6.92 Å². The van der Waals surface area contributed by atoms with Crippen LogP contribution in [0.15, 0.2) is 57.8 Å². The van der Waals surface area contributed by atoms with Crippen LogP contribution < -0.4 is 5.32 Å². The van der Waals surface area contributed by atoms with E-state index >= 15 is 0 Å². The van der Waals surface area contributed by atoms with Gasteiger partial charge in [0.15, 0.2) is 9.84 Å². The molecule has 0 aliphatic carbocycles. The van der Waals surface area contributed by atoms with Crippen LogP contribution in [-0.2, 0) is 15.6 Å². The van der Waals surface area contributed by atoms with Crippen LogP contribution in [0.3, 0.4) is 0 Å². The zero-order valence-electron chi connectivity index (χ0n) is 19.7. The van der Waals surface area contributed by atoms with Crippen molar-refractivity contribution in [3.8, 4) is 11.5 Å². The zero-order chi connectivity index (χ0) is 24.1. The summed E-state index contributed by atoms with van der Waals surface area (Å²) in [6.07, 6.45) is 3.48. The molecule has 3 aromatic rings. The number of oxazole rings is 1. The predicted octanol–water partition coefficient (Wildman–Crippen LogP) is 4.15. The number of nitrogens with one attached hydrogen (secondary N) is 1. The van der Waals surface area contributed by atoms with Crippen molar-refractivity contribution in [1.29, 1.82) is 0 Å². The molecule has 180 valence electrons. The molecule has 1 N–H and O–H groups in total. The van der Waals surface area contributed by atoms with Crippen molar-refractivity contribution in [2.75, 3.05) is 26.2 Å². The molecular formula is C26H31N3O4S. The highest BCUT2D eigenvalue weighted by Crippen LogP contribution is 2.25. The number of aryl methyl sites for hydroxylation is 2. The SMILES string of the molecule is Cc1ccc(S(=O)(=O)Cc2nc(-c3ccc(C(=O)NCCCN4CCCC4)cc3)oc2C)cc1. The molecule has 1 aromatic heterocycles. The number of hydrogen-bond donors (Lipinski definition) is 1. The van der Waals surface area contributed by atoms with Crippen LogP contribution in [-0.4, -0.2) is 50.4 Å². The van der Waals surface area contributed by atoms with Crippen molar-refractivity contribution in [2.24, 2.45) is 0 Å². The van der Waals surface area contributed by atoms with Crippen LogP contribution in [0.5, 0.6) is 0 Å². The zero-order valence-corrected chi connectivity index (χ0v) is 20.5. The van der Waals surface area contributed by atoms with Gasteiger partial charge in [0, 0.05) is 17.7 Å². The Labute approximate surface area is 201 Å². The van der Waals surface area contributed by atoms with E-state index in [1.54, 1.807) is 55.5 Å². The van der Waals surface area contributed by atoms with E-state index in [0.717, 1.165) is 31.6 Å². The molecule has 0 spiro atoms. The topological polar surface area (TPSA) is 92.5 Å². The number of aromatic nitrogens is 1. The Morgan fingerprint density at radius 3 is 2.38 bits per heavy atom. The summed E-state index contributed by atoms with van der Waals surface area (Å²) in [4.78, 5) is 19.6. The molecule has 2 heterocycles. The number of carbonyl (C=O) groups excluding carboxylic acids is 1. The van der Waals surface area contributed by atoms with Gasteiger partial charge in [-0.3, -0.25) is 4.79 Å².